The summed E-state index contributed by atoms with van der Waals surface area (Å²) in [4.78, 5) is 40.5. The minimum absolute atomic E-state index is 0.344. The number of anilines is 3. The fourth-order valence-electron chi connectivity index (χ4n) is 4.38. The number of amides is 2. The van der Waals surface area contributed by atoms with Crippen molar-refractivity contribution in [1.29, 1.82) is 0 Å². The minimum Gasteiger partial charge on any atom is -0.368 e. The summed E-state index contributed by atoms with van der Waals surface area (Å²) in [5, 5.41) is 1.95. The van der Waals surface area contributed by atoms with Crippen molar-refractivity contribution < 1.29 is 9.59 Å². The quantitative estimate of drug-likeness (QED) is 0.472. The second-order valence-corrected chi connectivity index (χ2v) is 10.3. The van der Waals surface area contributed by atoms with Crippen LogP contribution in [0.15, 0.2) is 65.6 Å². The van der Waals surface area contributed by atoms with Gasteiger partial charge < -0.3 is 14.7 Å². The van der Waals surface area contributed by atoms with E-state index >= 15 is 0 Å². The second kappa shape index (κ2) is 11.0. The fraction of sp³-hybridized carbons (Fsp3) is 0.286. The van der Waals surface area contributed by atoms with Crippen LogP contribution in [0.3, 0.4) is 0 Å². The van der Waals surface area contributed by atoms with E-state index in [2.05, 4.69) is 63.3 Å². The molecule has 2 aromatic carbocycles. The number of rotatable bonds is 7. The molecule has 190 valence electrons. The van der Waals surface area contributed by atoms with Crippen molar-refractivity contribution in [3.63, 3.8) is 0 Å². The Balaban J connectivity index is 1.37. The monoisotopic (exact) mass is 514 g/mol. The number of hydrogen-bond acceptors (Lipinski definition) is 8. The molecular weight excluding hydrogens is 484 g/mol. The Labute approximate surface area is 221 Å². The molecule has 0 saturated carbocycles. The largest absolute Gasteiger partial charge is 0.368 e. The summed E-state index contributed by atoms with van der Waals surface area (Å²) in [6, 6.07) is 20.8. The first kappa shape index (κ1) is 24.8. The molecule has 3 heterocycles. The molecule has 8 nitrogen and oxygen atoms in total. The Morgan fingerprint density at radius 1 is 0.973 bits per heavy atom. The lowest BCUT2D eigenvalue weighted by Crippen LogP contribution is -2.47. The number of nitrogens with one attached hydrogen (secondary N) is 1. The molecular formula is C28H30N6O2S. The van der Waals surface area contributed by atoms with E-state index in [4.69, 9.17) is 9.97 Å². The summed E-state index contributed by atoms with van der Waals surface area (Å²) in [6.45, 7) is 6.18. The number of nitrogens with zero attached hydrogens (tertiary/aromatic N) is 5. The van der Waals surface area contributed by atoms with Gasteiger partial charge in [-0.15, -0.1) is 0 Å². The smallest absolute Gasteiger partial charge is 0.290 e. The van der Waals surface area contributed by atoms with Crippen molar-refractivity contribution in [2.24, 2.45) is 0 Å². The Morgan fingerprint density at radius 2 is 1.68 bits per heavy atom. The number of piperazine rings is 1. The Hall–Kier alpha value is -3.85. The average Bonchev–Trinajstić information content (AvgIpc) is 3.24. The molecule has 0 aliphatic carbocycles. The molecule has 0 radical (unpaired) electrons. The van der Waals surface area contributed by atoms with Crippen LogP contribution in [-0.4, -0.2) is 60.9 Å². The molecule has 2 amide bonds. The zero-order chi connectivity index (χ0) is 25.8. The first-order chi connectivity index (χ1) is 17.9. The van der Waals surface area contributed by atoms with Crippen molar-refractivity contribution in [3.8, 4) is 0 Å². The Bertz CT molecular complexity index is 1300. The molecule has 0 unspecified atom stereocenters. The van der Waals surface area contributed by atoms with E-state index in [1.807, 2.05) is 31.3 Å². The molecule has 0 atom stereocenters. The molecule has 2 aliphatic heterocycles. The lowest BCUT2D eigenvalue weighted by Gasteiger charge is -2.36. The number of hydrogen-bond donors (Lipinski definition) is 1. The summed E-state index contributed by atoms with van der Waals surface area (Å²) < 4.78 is 0. The van der Waals surface area contributed by atoms with Crippen LogP contribution < -0.4 is 20.0 Å². The molecule has 1 aromatic heterocycles. The Morgan fingerprint density at radius 3 is 2.35 bits per heavy atom. The van der Waals surface area contributed by atoms with Crippen LogP contribution >= 0.6 is 11.8 Å². The second-order valence-electron chi connectivity index (χ2n) is 9.27. The molecule has 0 spiro atoms. The van der Waals surface area contributed by atoms with Gasteiger partial charge in [0, 0.05) is 51.5 Å². The molecule has 0 bridgehead atoms. The highest BCUT2D eigenvalue weighted by Gasteiger charge is 2.26. The van der Waals surface area contributed by atoms with E-state index in [0.717, 1.165) is 56.7 Å². The maximum Gasteiger partial charge on any atom is 0.290 e. The van der Waals surface area contributed by atoms with Crippen molar-refractivity contribution in [1.82, 2.24) is 15.3 Å². The maximum atomic E-state index is 12.2. The number of aryl methyl sites for hydroxylation is 1. The fourth-order valence-corrected chi connectivity index (χ4v) is 5.05. The van der Waals surface area contributed by atoms with Crippen LogP contribution in [0.25, 0.3) is 6.08 Å². The topological polar surface area (TPSA) is 81.7 Å². The Kier molecular flexibility index (Phi) is 7.41. The SMILES string of the molecule is Cc1ccc(N2CCN(c3nc(C=C4SC(=O)NC4=O)cc(N(C)CCc4ccccc4)n3)CC2)cc1. The standard InChI is InChI=1S/C28H30N6O2S/c1-20-8-10-23(11-9-20)33-14-16-34(17-15-33)27-29-22(18-24-26(35)31-28(36)37-24)19-25(30-27)32(2)13-12-21-6-4-3-5-7-21/h3-11,18-19H,12-17H2,1-2H3,(H,31,35,36). The lowest BCUT2D eigenvalue weighted by molar-refractivity contribution is -0.115. The maximum absolute atomic E-state index is 12.2. The molecule has 1 N–H and O–H groups in total. The highest BCUT2D eigenvalue weighted by atomic mass is 32.2. The zero-order valence-electron chi connectivity index (χ0n) is 21.1. The normalized spacial score (nSPS) is 16.9. The van der Waals surface area contributed by atoms with Gasteiger partial charge in [0.2, 0.25) is 5.95 Å². The zero-order valence-corrected chi connectivity index (χ0v) is 21.9. The highest BCUT2D eigenvalue weighted by Crippen LogP contribution is 2.27. The molecule has 2 aliphatic rings. The van der Waals surface area contributed by atoms with Gasteiger partial charge in [-0.2, -0.15) is 4.98 Å². The van der Waals surface area contributed by atoms with Gasteiger partial charge in [0.25, 0.3) is 11.1 Å². The van der Waals surface area contributed by atoms with Crippen LogP contribution in [-0.2, 0) is 11.2 Å². The van der Waals surface area contributed by atoms with Crippen LogP contribution in [0.1, 0.15) is 16.8 Å². The summed E-state index contributed by atoms with van der Waals surface area (Å²) in [5.41, 5.74) is 4.34. The summed E-state index contributed by atoms with van der Waals surface area (Å²) >= 11 is 0.898. The third kappa shape index (κ3) is 6.11. The van der Waals surface area contributed by atoms with Crippen LogP contribution in [0.2, 0.25) is 0 Å². The molecule has 2 saturated heterocycles. The van der Waals surface area contributed by atoms with Crippen LogP contribution in [0.5, 0.6) is 0 Å². The highest BCUT2D eigenvalue weighted by molar-refractivity contribution is 8.18. The van der Waals surface area contributed by atoms with E-state index in [1.54, 1.807) is 6.08 Å². The van der Waals surface area contributed by atoms with E-state index in [-0.39, 0.29) is 11.1 Å². The van der Waals surface area contributed by atoms with Crippen molar-refractivity contribution in [2.45, 2.75) is 13.3 Å². The van der Waals surface area contributed by atoms with Gasteiger partial charge in [-0.05, 0) is 48.9 Å². The molecule has 2 fully saturated rings. The van der Waals surface area contributed by atoms with Gasteiger partial charge in [0.1, 0.15) is 5.82 Å². The van der Waals surface area contributed by atoms with Gasteiger partial charge in [0.05, 0.1) is 10.6 Å². The number of carbonyl (C=O) groups is 2. The third-order valence-electron chi connectivity index (χ3n) is 6.57. The van der Waals surface area contributed by atoms with Gasteiger partial charge in [-0.25, -0.2) is 4.98 Å². The lowest BCUT2D eigenvalue weighted by atomic mass is 10.1. The van der Waals surface area contributed by atoms with E-state index in [1.165, 1.54) is 16.8 Å². The summed E-state index contributed by atoms with van der Waals surface area (Å²) in [7, 11) is 2.02. The van der Waals surface area contributed by atoms with E-state index in [9.17, 15) is 9.59 Å². The van der Waals surface area contributed by atoms with Crippen molar-refractivity contribution in [3.05, 3.63) is 82.4 Å². The number of benzene rings is 2. The molecule has 5 rings (SSSR count). The van der Waals surface area contributed by atoms with Crippen molar-refractivity contribution >= 4 is 46.4 Å². The van der Waals surface area contributed by atoms with Crippen LogP contribution in [0, 0.1) is 6.92 Å². The third-order valence-corrected chi connectivity index (χ3v) is 7.38. The van der Waals surface area contributed by atoms with Gasteiger partial charge in [-0.3, -0.25) is 14.9 Å². The van der Waals surface area contributed by atoms with Crippen molar-refractivity contribution in [2.75, 3.05) is 54.5 Å². The first-order valence-electron chi connectivity index (χ1n) is 12.4. The summed E-state index contributed by atoms with van der Waals surface area (Å²) in [6.07, 6.45) is 2.56. The van der Waals surface area contributed by atoms with Gasteiger partial charge >= 0.3 is 0 Å². The predicted molar refractivity (Wildman–Crippen MR) is 150 cm³/mol. The number of likely N-dealkylation sites (N-methyl/N-ethyl adjacent to an activating group) is 1. The molecule has 3 aromatic rings. The summed E-state index contributed by atoms with van der Waals surface area (Å²) in [5.74, 6) is 1.03. The first-order valence-corrected chi connectivity index (χ1v) is 13.2. The molecule has 9 heteroatoms. The average molecular weight is 515 g/mol. The molecule has 37 heavy (non-hydrogen) atoms. The van der Waals surface area contributed by atoms with Crippen LogP contribution in [0.4, 0.5) is 22.2 Å². The predicted octanol–water partition coefficient (Wildman–Crippen LogP) is 4.11. The number of imide groups is 1. The number of carbonyl (C=O) groups excluding carboxylic acids is 2. The van der Waals surface area contributed by atoms with Gasteiger partial charge in [0.15, 0.2) is 0 Å². The van der Waals surface area contributed by atoms with Gasteiger partial charge in [-0.1, -0.05) is 48.0 Å². The minimum atomic E-state index is -0.388. The van der Waals surface area contributed by atoms with E-state index < -0.39 is 0 Å². The number of thioether (sulfide) groups is 1. The number of aromatic nitrogens is 2. The van der Waals surface area contributed by atoms with E-state index in [0.29, 0.717) is 16.5 Å².